The number of hydrogen-bond acceptors (Lipinski definition) is 3. The summed E-state index contributed by atoms with van der Waals surface area (Å²) in [5.74, 6) is -0.862. The van der Waals surface area contributed by atoms with Gasteiger partial charge in [0.2, 0.25) is 0 Å². The van der Waals surface area contributed by atoms with Gasteiger partial charge in [-0.1, -0.05) is 37.3 Å². The fraction of sp³-hybridized carbons (Fsp3) is 0.250. The van der Waals surface area contributed by atoms with Gasteiger partial charge in [0, 0.05) is 10.6 Å². The van der Waals surface area contributed by atoms with Crippen molar-refractivity contribution < 1.29 is 14.0 Å². The smallest absolute Gasteiger partial charge is 0.259 e. The van der Waals surface area contributed by atoms with Crippen molar-refractivity contribution in [3.05, 3.63) is 81.5 Å². The number of thiophene rings is 1. The van der Waals surface area contributed by atoms with E-state index in [9.17, 15) is 14.0 Å². The van der Waals surface area contributed by atoms with Crippen LogP contribution in [-0.4, -0.2) is 11.8 Å². The van der Waals surface area contributed by atoms with Gasteiger partial charge in [-0.05, 0) is 61.4 Å². The average Bonchev–Trinajstić information content (AvgIpc) is 3.06. The summed E-state index contributed by atoms with van der Waals surface area (Å²) >= 11 is 1.42. The number of hydrogen-bond donors (Lipinski definition) is 2. The minimum Gasteiger partial charge on any atom is -0.322 e. The summed E-state index contributed by atoms with van der Waals surface area (Å²) in [5.41, 5.74) is 3.14. The number of fused-ring (bicyclic) bond motifs is 1. The second kappa shape index (κ2) is 8.40. The molecule has 0 spiro atoms. The third-order valence-electron chi connectivity index (χ3n) is 5.48. The fourth-order valence-electron chi connectivity index (χ4n) is 3.79. The van der Waals surface area contributed by atoms with E-state index in [4.69, 9.17) is 0 Å². The largest absolute Gasteiger partial charge is 0.322 e. The molecule has 0 aliphatic heterocycles. The molecule has 1 aromatic heterocycles. The first-order valence-electron chi connectivity index (χ1n) is 10.0. The topological polar surface area (TPSA) is 58.2 Å². The summed E-state index contributed by atoms with van der Waals surface area (Å²) in [7, 11) is 0. The molecule has 4 rings (SSSR count). The number of nitrogens with one attached hydrogen (secondary N) is 2. The van der Waals surface area contributed by atoms with Crippen molar-refractivity contribution in [2.24, 2.45) is 5.92 Å². The van der Waals surface area contributed by atoms with Gasteiger partial charge in [0.1, 0.15) is 10.8 Å². The maximum atomic E-state index is 14.1. The Hall–Kier alpha value is -2.99. The van der Waals surface area contributed by atoms with E-state index in [0.717, 1.165) is 41.0 Å². The summed E-state index contributed by atoms with van der Waals surface area (Å²) in [6.07, 6.45) is 2.66. The molecule has 0 bridgehead atoms. The Bertz CT molecular complexity index is 1120. The number of anilines is 2. The molecule has 154 valence electrons. The van der Waals surface area contributed by atoms with Crippen molar-refractivity contribution in [3.8, 4) is 0 Å². The summed E-state index contributed by atoms with van der Waals surface area (Å²) in [4.78, 5) is 27.1. The van der Waals surface area contributed by atoms with Gasteiger partial charge in [0.05, 0.1) is 11.1 Å². The van der Waals surface area contributed by atoms with Crippen LogP contribution in [0.1, 0.15) is 50.1 Å². The van der Waals surface area contributed by atoms with E-state index in [1.54, 1.807) is 12.1 Å². The van der Waals surface area contributed by atoms with E-state index in [0.29, 0.717) is 16.5 Å². The molecular formula is C24H23FN2O2S. The van der Waals surface area contributed by atoms with Crippen LogP contribution in [0.2, 0.25) is 0 Å². The molecule has 0 saturated heterocycles. The van der Waals surface area contributed by atoms with Crippen molar-refractivity contribution in [1.29, 1.82) is 0 Å². The Balaban J connectivity index is 1.70. The first-order valence-corrected chi connectivity index (χ1v) is 10.8. The Kier molecular flexibility index (Phi) is 5.68. The highest BCUT2D eigenvalue weighted by Gasteiger charge is 2.29. The second-order valence-electron chi connectivity index (χ2n) is 7.76. The highest BCUT2D eigenvalue weighted by Crippen LogP contribution is 2.40. The van der Waals surface area contributed by atoms with Crippen LogP contribution in [0.3, 0.4) is 0 Å². The van der Waals surface area contributed by atoms with Gasteiger partial charge in [0.25, 0.3) is 11.8 Å². The lowest BCUT2D eigenvalue weighted by Gasteiger charge is -2.19. The minimum absolute atomic E-state index is 0.0394. The van der Waals surface area contributed by atoms with Gasteiger partial charge in [0.15, 0.2) is 0 Å². The second-order valence-corrected chi connectivity index (χ2v) is 8.86. The van der Waals surface area contributed by atoms with Crippen LogP contribution in [-0.2, 0) is 12.8 Å². The first kappa shape index (κ1) is 20.3. The zero-order valence-electron chi connectivity index (χ0n) is 16.9. The maximum Gasteiger partial charge on any atom is 0.259 e. The zero-order valence-corrected chi connectivity index (χ0v) is 17.7. The van der Waals surface area contributed by atoms with Crippen LogP contribution in [0, 0.1) is 18.7 Å². The van der Waals surface area contributed by atoms with Crippen molar-refractivity contribution in [2.75, 3.05) is 10.6 Å². The van der Waals surface area contributed by atoms with E-state index in [1.165, 1.54) is 23.5 Å². The number of benzene rings is 2. The van der Waals surface area contributed by atoms with Gasteiger partial charge < -0.3 is 10.6 Å². The Morgan fingerprint density at radius 2 is 1.77 bits per heavy atom. The number of aryl methyl sites for hydroxylation is 1. The van der Waals surface area contributed by atoms with Gasteiger partial charge >= 0.3 is 0 Å². The summed E-state index contributed by atoms with van der Waals surface area (Å²) in [6, 6.07) is 13.4. The summed E-state index contributed by atoms with van der Waals surface area (Å²) in [6.45, 7) is 4.12. The lowest BCUT2D eigenvalue weighted by Crippen LogP contribution is -2.20. The van der Waals surface area contributed by atoms with E-state index < -0.39 is 11.7 Å². The molecule has 30 heavy (non-hydrogen) atoms. The molecule has 0 fully saturated rings. The predicted molar refractivity (Wildman–Crippen MR) is 119 cm³/mol. The molecule has 1 heterocycles. The van der Waals surface area contributed by atoms with Crippen LogP contribution in [0.4, 0.5) is 15.1 Å². The van der Waals surface area contributed by atoms with Crippen molar-refractivity contribution in [3.63, 3.8) is 0 Å². The molecule has 4 nitrogen and oxygen atoms in total. The lowest BCUT2D eigenvalue weighted by molar-refractivity contribution is 0.102. The summed E-state index contributed by atoms with van der Waals surface area (Å²) < 4.78 is 14.1. The zero-order chi connectivity index (χ0) is 21.3. The van der Waals surface area contributed by atoms with Crippen LogP contribution in [0.5, 0.6) is 0 Å². The van der Waals surface area contributed by atoms with Crippen molar-refractivity contribution in [1.82, 2.24) is 0 Å². The molecular weight excluding hydrogens is 399 g/mol. The lowest BCUT2D eigenvalue weighted by atomic mass is 9.88. The van der Waals surface area contributed by atoms with Crippen LogP contribution < -0.4 is 10.6 Å². The quantitative estimate of drug-likeness (QED) is 0.556. The molecule has 2 aromatic carbocycles. The van der Waals surface area contributed by atoms with Crippen molar-refractivity contribution >= 4 is 33.8 Å². The first-order chi connectivity index (χ1) is 14.4. The third-order valence-corrected chi connectivity index (χ3v) is 6.65. The molecule has 0 radical (unpaired) electrons. The van der Waals surface area contributed by atoms with Gasteiger partial charge in [-0.15, -0.1) is 11.3 Å². The number of halogens is 1. The number of carbonyl (C=O) groups is 2. The molecule has 1 aliphatic carbocycles. The van der Waals surface area contributed by atoms with Gasteiger partial charge in [-0.3, -0.25) is 9.59 Å². The molecule has 1 aliphatic rings. The van der Waals surface area contributed by atoms with Crippen LogP contribution >= 0.6 is 11.3 Å². The predicted octanol–water partition coefficient (Wildman–Crippen LogP) is 5.83. The standard InChI is InChI=1S/C24H23FN2O2S/c1-14-11-12-17-20(13-14)30-24(27-22(28)16-8-4-5-9-18(16)25)21(17)23(29)26-19-10-6-3-7-15(19)2/h3-10,14H,11-13H2,1-2H3,(H,26,29)(H,27,28)/t14-/m1/s1. The molecule has 1 atom stereocenters. The Morgan fingerprint density at radius 3 is 2.53 bits per heavy atom. The van der Waals surface area contributed by atoms with E-state index in [2.05, 4.69) is 17.6 Å². The number of rotatable bonds is 4. The normalized spacial score (nSPS) is 15.4. The van der Waals surface area contributed by atoms with E-state index >= 15 is 0 Å². The van der Waals surface area contributed by atoms with Gasteiger partial charge in [-0.25, -0.2) is 4.39 Å². The van der Waals surface area contributed by atoms with E-state index in [-0.39, 0.29) is 11.5 Å². The molecule has 6 heteroatoms. The molecule has 0 unspecified atom stereocenters. The fourth-order valence-corrected chi connectivity index (χ4v) is 5.20. The third kappa shape index (κ3) is 4.00. The maximum absolute atomic E-state index is 14.1. The minimum atomic E-state index is -0.587. The highest BCUT2D eigenvalue weighted by molar-refractivity contribution is 7.17. The SMILES string of the molecule is Cc1ccccc1NC(=O)c1c(NC(=O)c2ccccc2F)sc2c1CC[C@@H](C)C2. The van der Waals surface area contributed by atoms with Crippen LogP contribution in [0.25, 0.3) is 0 Å². The van der Waals surface area contributed by atoms with E-state index in [1.807, 2.05) is 31.2 Å². The monoisotopic (exact) mass is 422 g/mol. The van der Waals surface area contributed by atoms with Gasteiger partial charge in [-0.2, -0.15) is 0 Å². The molecule has 2 N–H and O–H groups in total. The number of para-hydroxylation sites is 1. The van der Waals surface area contributed by atoms with Crippen LogP contribution in [0.15, 0.2) is 48.5 Å². The Morgan fingerprint density at radius 1 is 1.03 bits per heavy atom. The average molecular weight is 423 g/mol. The number of carbonyl (C=O) groups excluding carboxylic acids is 2. The highest BCUT2D eigenvalue weighted by atomic mass is 32.1. The Labute approximate surface area is 179 Å². The molecule has 3 aromatic rings. The summed E-state index contributed by atoms with van der Waals surface area (Å²) in [5, 5.41) is 6.26. The molecule has 0 saturated carbocycles. The number of amides is 2. The molecule has 2 amide bonds. The van der Waals surface area contributed by atoms with Crippen molar-refractivity contribution in [2.45, 2.75) is 33.1 Å².